The summed E-state index contributed by atoms with van der Waals surface area (Å²) in [5.41, 5.74) is 14.0. The maximum absolute atomic E-state index is 4.09. The molecule has 0 heterocycles. The third-order valence-electron chi connectivity index (χ3n) is 11.3. The van der Waals surface area contributed by atoms with Crippen LogP contribution in [0.25, 0.3) is 22.9 Å². The van der Waals surface area contributed by atoms with E-state index in [-0.39, 0.29) is 0 Å². The van der Waals surface area contributed by atoms with Crippen molar-refractivity contribution < 1.29 is 0 Å². The molecular weight excluding hydrogens is 753 g/mol. The Labute approximate surface area is 365 Å². The Kier molecular flexibility index (Phi) is 11.5. The maximum Gasteiger partial charge on any atom is 0.0468 e. The van der Waals surface area contributed by atoms with Gasteiger partial charge in [0.15, 0.2) is 0 Å². The summed E-state index contributed by atoms with van der Waals surface area (Å²) in [5.74, 6) is 0. The van der Waals surface area contributed by atoms with Crippen LogP contribution < -0.4 is 19.6 Å². The SMILES string of the molecule is C=Cc1ccc(N(c2ccccc2)c2ccc(N(c3ccc(N(CC)c4ccccc4)cc3)c3ccc(N(c4ccccc4)c4ccc5ccccc5c4)cc3)cc2)cc1C=C. The summed E-state index contributed by atoms with van der Waals surface area (Å²) < 4.78 is 0. The first-order chi connectivity index (χ1) is 30.6. The fourth-order valence-corrected chi connectivity index (χ4v) is 8.28. The number of fused-ring (bicyclic) bond motifs is 1. The molecule has 9 aromatic carbocycles. The van der Waals surface area contributed by atoms with Crippen LogP contribution in [0.5, 0.6) is 0 Å². The van der Waals surface area contributed by atoms with Gasteiger partial charge in [-0.15, -0.1) is 0 Å². The standard InChI is InChI=1S/C58H48N4/c1-4-44-26-28-57(42-45(44)5-2)61(50-22-12-8-13-23-50)55-38-34-53(35-39-55)60(52-32-30-49(31-33-52)59(6-3)48-20-10-7-11-21-48)54-36-40-56(41-37-54)62(51-24-14-9-15-25-51)58-29-27-46-18-16-17-19-47(46)43-58/h4-5,7-43H,1-2,6H2,3H3. The molecule has 0 unspecified atom stereocenters. The summed E-state index contributed by atoms with van der Waals surface area (Å²) in [6.45, 7) is 11.2. The van der Waals surface area contributed by atoms with Crippen LogP contribution in [0, 0.1) is 0 Å². The van der Waals surface area contributed by atoms with Gasteiger partial charge in [0.2, 0.25) is 0 Å². The Bertz CT molecular complexity index is 2910. The Morgan fingerprint density at radius 1 is 0.306 bits per heavy atom. The molecule has 0 aliphatic rings. The average Bonchev–Trinajstić information content (AvgIpc) is 3.34. The molecule has 0 N–H and O–H groups in total. The van der Waals surface area contributed by atoms with Gasteiger partial charge in [-0.2, -0.15) is 0 Å². The molecule has 4 heteroatoms. The molecule has 0 saturated carbocycles. The number of nitrogens with zero attached hydrogens (tertiary/aromatic N) is 4. The van der Waals surface area contributed by atoms with Gasteiger partial charge < -0.3 is 19.6 Å². The van der Waals surface area contributed by atoms with Gasteiger partial charge in [0.25, 0.3) is 0 Å². The quantitative estimate of drug-likeness (QED) is 0.109. The van der Waals surface area contributed by atoms with E-state index >= 15 is 0 Å². The minimum Gasteiger partial charge on any atom is -0.342 e. The lowest BCUT2D eigenvalue weighted by Crippen LogP contribution is -2.16. The van der Waals surface area contributed by atoms with E-state index in [2.05, 4.69) is 264 Å². The normalized spacial score (nSPS) is 10.9. The zero-order valence-corrected chi connectivity index (χ0v) is 34.9. The fraction of sp³-hybridized carbons (Fsp3) is 0.0345. The molecule has 0 fully saturated rings. The number of benzene rings is 9. The molecule has 0 spiro atoms. The Morgan fingerprint density at radius 3 is 1.08 bits per heavy atom. The van der Waals surface area contributed by atoms with E-state index in [1.165, 1.54) is 16.5 Å². The lowest BCUT2D eigenvalue weighted by atomic mass is 10.0. The van der Waals surface area contributed by atoms with E-state index in [0.29, 0.717) is 0 Å². The smallest absolute Gasteiger partial charge is 0.0468 e. The summed E-state index contributed by atoms with van der Waals surface area (Å²) in [6, 6.07) is 79.9. The first-order valence-corrected chi connectivity index (χ1v) is 21.1. The van der Waals surface area contributed by atoms with E-state index in [4.69, 9.17) is 0 Å². The number of para-hydroxylation sites is 3. The summed E-state index contributed by atoms with van der Waals surface area (Å²) in [6.07, 6.45) is 3.77. The molecule has 0 atom stereocenters. The van der Waals surface area contributed by atoms with E-state index in [1.807, 2.05) is 12.2 Å². The van der Waals surface area contributed by atoms with Crippen molar-refractivity contribution in [3.63, 3.8) is 0 Å². The van der Waals surface area contributed by atoms with E-state index < -0.39 is 0 Å². The molecule has 9 rings (SSSR count). The van der Waals surface area contributed by atoms with Crippen molar-refractivity contribution in [2.24, 2.45) is 0 Å². The van der Waals surface area contributed by atoms with Gasteiger partial charge in [-0.05, 0) is 162 Å². The number of hydrogen-bond donors (Lipinski definition) is 0. The zero-order chi connectivity index (χ0) is 42.3. The number of rotatable bonds is 14. The van der Waals surface area contributed by atoms with Crippen LogP contribution >= 0.6 is 0 Å². The second kappa shape index (κ2) is 18.0. The maximum atomic E-state index is 4.09. The molecule has 0 aromatic heterocycles. The van der Waals surface area contributed by atoms with Gasteiger partial charge in [-0.1, -0.05) is 116 Å². The highest BCUT2D eigenvalue weighted by atomic mass is 15.2. The topological polar surface area (TPSA) is 13.0 Å². The largest absolute Gasteiger partial charge is 0.342 e. The zero-order valence-electron chi connectivity index (χ0n) is 34.9. The number of anilines is 11. The van der Waals surface area contributed by atoms with Gasteiger partial charge in [0.1, 0.15) is 0 Å². The Morgan fingerprint density at radius 2 is 0.629 bits per heavy atom. The predicted molar refractivity (Wildman–Crippen MR) is 267 cm³/mol. The van der Waals surface area contributed by atoms with Gasteiger partial charge >= 0.3 is 0 Å². The van der Waals surface area contributed by atoms with Crippen molar-refractivity contribution in [2.75, 3.05) is 26.1 Å². The average molecular weight is 801 g/mol. The summed E-state index contributed by atoms with van der Waals surface area (Å²) in [4.78, 5) is 9.27. The van der Waals surface area contributed by atoms with Gasteiger partial charge in [-0.3, -0.25) is 0 Å². The molecule has 0 aliphatic carbocycles. The lowest BCUT2D eigenvalue weighted by Gasteiger charge is -2.30. The van der Waals surface area contributed by atoms with E-state index in [1.54, 1.807) is 0 Å². The lowest BCUT2D eigenvalue weighted by molar-refractivity contribution is 1.02. The minimum atomic E-state index is 0.855. The molecule has 4 nitrogen and oxygen atoms in total. The van der Waals surface area contributed by atoms with Crippen LogP contribution in [0.3, 0.4) is 0 Å². The molecule has 9 aromatic rings. The minimum absolute atomic E-state index is 0.855. The monoisotopic (exact) mass is 800 g/mol. The highest BCUT2D eigenvalue weighted by Crippen LogP contribution is 2.42. The van der Waals surface area contributed by atoms with Crippen LogP contribution in [0.15, 0.2) is 238 Å². The van der Waals surface area contributed by atoms with E-state index in [0.717, 1.165) is 74.5 Å². The predicted octanol–water partition coefficient (Wildman–Crippen LogP) is 16.7. The highest BCUT2D eigenvalue weighted by molar-refractivity contribution is 5.90. The van der Waals surface area contributed by atoms with Gasteiger partial charge in [-0.25, -0.2) is 0 Å². The summed E-state index contributed by atoms with van der Waals surface area (Å²) in [7, 11) is 0. The third kappa shape index (κ3) is 8.10. The molecule has 0 aliphatic heterocycles. The molecule has 62 heavy (non-hydrogen) atoms. The van der Waals surface area contributed by atoms with Crippen molar-refractivity contribution in [1.29, 1.82) is 0 Å². The number of hydrogen-bond acceptors (Lipinski definition) is 4. The first-order valence-electron chi connectivity index (χ1n) is 21.1. The molecule has 300 valence electrons. The Hall–Kier alpha value is -8.08. The van der Waals surface area contributed by atoms with E-state index in [9.17, 15) is 0 Å². The van der Waals surface area contributed by atoms with Crippen LogP contribution in [-0.2, 0) is 0 Å². The molecule has 0 radical (unpaired) electrons. The molecule has 0 amide bonds. The fourth-order valence-electron chi connectivity index (χ4n) is 8.28. The van der Waals surface area contributed by atoms with Crippen molar-refractivity contribution in [2.45, 2.75) is 6.92 Å². The second-order valence-corrected chi connectivity index (χ2v) is 15.1. The van der Waals surface area contributed by atoms with Crippen LogP contribution in [0.4, 0.5) is 62.6 Å². The van der Waals surface area contributed by atoms with Crippen molar-refractivity contribution in [3.05, 3.63) is 249 Å². The summed E-state index contributed by atoms with van der Waals surface area (Å²) in [5, 5.41) is 2.42. The third-order valence-corrected chi connectivity index (χ3v) is 11.3. The van der Waals surface area contributed by atoms with Crippen molar-refractivity contribution in [1.82, 2.24) is 0 Å². The Balaban J connectivity index is 1.13. The summed E-state index contributed by atoms with van der Waals surface area (Å²) >= 11 is 0. The highest BCUT2D eigenvalue weighted by Gasteiger charge is 2.19. The molecule has 0 bridgehead atoms. The van der Waals surface area contributed by atoms with Crippen molar-refractivity contribution >= 4 is 85.5 Å². The van der Waals surface area contributed by atoms with Crippen LogP contribution in [0.1, 0.15) is 18.1 Å². The molecular formula is C58H48N4. The van der Waals surface area contributed by atoms with Crippen molar-refractivity contribution in [3.8, 4) is 0 Å². The van der Waals surface area contributed by atoms with Crippen LogP contribution in [-0.4, -0.2) is 6.54 Å². The molecule has 0 saturated heterocycles. The van der Waals surface area contributed by atoms with Gasteiger partial charge in [0.05, 0.1) is 0 Å². The first kappa shape index (κ1) is 39.4. The van der Waals surface area contributed by atoms with Gasteiger partial charge in [0, 0.05) is 69.1 Å². The second-order valence-electron chi connectivity index (χ2n) is 15.1. The van der Waals surface area contributed by atoms with Crippen LogP contribution in [0.2, 0.25) is 0 Å².